The van der Waals surface area contributed by atoms with Crippen molar-refractivity contribution in [3.8, 4) is 5.75 Å². The monoisotopic (exact) mass is 368 g/mol. The molecule has 3 aromatic rings. The highest BCUT2D eigenvalue weighted by Gasteiger charge is 2.23. The number of carbonyl (C=O) groups excluding carboxylic acids is 1. The number of halogens is 1. The summed E-state index contributed by atoms with van der Waals surface area (Å²) in [5, 5.41) is 0.925. The molecule has 1 aliphatic heterocycles. The molecule has 0 atom stereocenters. The van der Waals surface area contributed by atoms with Crippen molar-refractivity contribution in [3.05, 3.63) is 60.1 Å². The first-order valence-corrected chi connectivity index (χ1v) is 8.97. The van der Waals surface area contributed by atoms with Gasteiger partial charge in [0.1, 0.15) is 17.1 Å². The topological polar surface area (TPSA) is 45.9 Å². The Hall–Kier alpha value is -3.02. The van der Waals surface area contributed by atoms with E-state index in [2.05, 4.69) is 0 Å². The summed E-state index contributed by atoms with van der Waals surface area (Å²) < 4.78 is 24.7. The SMILES string of the molecule is COc1ccc2c(CC(=O)N3CCN(c4ccccc4F)CC3)coc2c1. The van der Waals surface area contributed by atoms with Gasteiger partial charge in [-0.25, -0.2) is 4.39 Å². The zero-order chi connectivity index (χ0) is 18.8. The van der Waals surface area contributed by atoms with Crippen LogP contribution in [0.3, 0.4) is 0 Å². The number of hydrogen-bond acceptors (Lipinski definition) is 4. The van der Waals surface area contributed by atoms with Crippen molar-refractivity contribution in [2.75, 3.05) is 38.2 Å². The Morgan fingerprint density at radius 1 is 1.15 bits per heavy atom. The predicted molar refractivity (Wildman–Crippen MR) is 102 cm³/mol. The van der Waals surface area contributed by atoms with Gasteiger partial charge in [0.05, 0.1) is 25.5 Å². The number of para-hydroxylation sites is 1. The number of hydrogen-bond donors (Lipinski definition) is 0. The predicted octanol–water partition coefficient (Wildman–Crippen LogP) is 3.47. The van der Waals surface area contributed by atoms with E-state index in [1.54, 1.807) is 25.5 Å². The molecule has 1 aromatic heterocycles. The van der Waals surface area contributed by atoms with Crippen LogP contribution >= 0.6 is 0 Å². The normalized spacial score (nSPS) is 14.6. The van der Waals surface area contributed by atoms with Gasteiger partial charge in [0.2, 0.25) is 5.91 Å². The summed E-state index contributed by atoms with van der Waals surface area (Å²) in [7, 11) is 1.61. The van der Waals surface area contributed by atoms with Crippen molar-refractivity contribution < 1.29 is 18.3 Å². The summed E-state index contributed by atoms with van der Waals surface area (Å²) in [6, 6.07) is 12.3. The molecule has 1 fully saturated rings. The summed E-state index contributed by atoms with van der Waals surface area (Å²) in [4.78, 5) is 16.5. The van der Waals surface area contributed by atoms with Crippen molar-refractivity contribution in [1.82, 2.24) is 4.90 Å². The molecule has 4 rings (SSSR count). The summed E-state index contributed by atoms with van der Waals surface area (Å²) in [6.45, 7) is 2.40. The second-order valence-electron chi connectivity index (χ2n) is 6.62. The van der Waals surface area contributed by atoms with Crippen LogP contribution in [0.4, 0.5) is 10.1 Å². The van der Waals surface area contributed by atoms with Gasteiger partial charge in [-0.15, -0.1) is 0 Å². The van der Waals surface area contributed by atoms with Crippen molar-refractivity contribution in [1.29, 1.82) is 0 Å². The number of methoxy groups -OCH3 is 1. The Balaban J connectivity index is 1.41. The van der Waals surface area contributed by atoms with Crippen LogP contribution in [0.15, 0.2) is 53.1 Å². The third-order valence-electron chi connectivity index (χ3n) is 5.03. The lowest BCUT2D eigenvalue weighted by Crippen LogP contribution is -2.49. The van der Waals surface area contributed by atoms with Gasteiger partial charge in [-0.3, -0.25) is 4.79 Å². The molecule has 2 aromatic carbocycles. The maximum absolute atomic E-state index is 13.9. The van der Waals surface area contributed by atoms with Gasteiger partial charge >= 0.3 is 0 Å². The van der Waals surface area contributed by atoms with E-state index >= 15 is 0 Å². The summed E-state index contributed by atoms with van der Waals surface area (Å²) in [6.07, 6.45) is 1.93. The third kappa shape index (κ3) is 3.47. The Kier molecular flexibility index (Phi) is 4.71. The number of piperazine rings is 1. The summed E-state index contributed by atoms with van der Waals surface area (Å²) in [5.41, 5.74) is 2.18. The number of fused-ring (bicyclic) bond motifs is 1. The maximum Gasteiger partial charge on any atom is 0.227 e. The van der Waals surface area contributed by atoms with E-state index in [1.165, 1.54) is 6.07 Å². The van der Waals surface area contributed by atoms with Gasteiger partial charge in [0.15, 0.2) is 0 Å². The van der Waals surface area contributed by atoms with E-state index in [0.29, 0.717) is 43.9 Å². The van der Waals surface area contributed by atoms with Crippen LogP contribution in [-0.2, 0) is 11.2 Å². The molecule has 0 spiro atoms. The molecular formula is C21H21FN2O3. The Morgan fingerprint density at radius 2 is 1.93 bits per heavy atom. The molecular weight excluding hydrogens is 347 g/mol. The molecule has 1 saturated heterocycles. The van der Waals surface area contributed by atoms with Crippen molar-refractivity contribution in [2.24, 2.45) is 0 Å². The first-order valence-electron chi connectivity index (χ1n) is 8.97. The number of anilines is 1. The average molecular weight is 368 g/mol. The Bertz CT molecular complexity index is 961. The van der Waals surface area contributed by atoms with Crippen LogP contribution in [0.2, 0.25) is 0 Å². The Morgan fingerprint density at radius 3 is 2.67 bits per heavy atom. The molecule has 0 unspecified atom stereocenters. The number of nitrogens with zero attached hydrogens (tertiary/aromatic N) is 2. The molecule has 6 heteroatoms. The lowest BCUT2D eigenvalue weighted by Gasteiger charge is -2.36. The summed E-state index contributed by atoms with van der Waals surface area (Å²) >= 11 is 0. The minimum absolute atomic E-state index is 0.0571. The van der Waals surface area contributed by atoms with E-state index in [-0.39, 0.29) is 11.7 Å². The largest absolute Gasteiger partial charge is 0.497 e. The standard InChI is InChI=1S/C21H21FN2O3/c1-26-16-6-7-17-15(14-27-20(17)13-16)12-21(25)24-10-8-23(9-11-24)19-5-3-2-4-18(19)22/h2-7,13-14H,8-12H2,1H3. The van der Waals surface area contributed by atoms with Crippen LogP contribution < -0.4 is 9.64 Å². The van der Waals surface area contributed by atoms with E-state index < -0.39 is 0 Å². The van der Waals surface area contributed by atoms with Crippen LogP contribution in [0.25, 0.3) is 11.0 Å². The zero-order valence-corrected chi connectivity index (χ0v) is 15.2. The fraction of sp³-hybridized carbons (Fsp3) is 0.286. The minimum Gasteiger partial charge on any atom is -0.497 e. The second kappa shape index (κ2) is 7.31. The van der Waals surface area contributed by atoms with Gasteiger partial charge in [0.25, 0.3) is 0 Å². The molecule has 1 aliphatic rings. The average Bonchev–Trinajstić information content (AvgIpc) is 3.10. The minimum atomic E-state index is -0.224. The van der Waals surface area contributed by atoms with Gasteiger partial charge in [0, 0.05) is 43.2 Å². The number of benzene rings is 2. The molecule has 27 heavy (non-hydrogen) atoms. The highest BCUT2D eigenvalue weighted by molar-refractivity contribution is 5.88. The molecule has 2 heterocycles. The third-order valence-corrected chi connectivity index (χ3v) is 5.03. The van der Waals surface area contributed by atoms with E-state index in [0.717, 1.165) is 16.7 Å². The first kappa shape index (κ1) is 17.4. The molecule has 5 nitrogen and oxygen atoms in total. The van der Waals surface area contributed by atoms with Crippen molar-refractivity contribution in [2.45, 2.75) is 6.42 Å². The van der Waals surface area contributed by atoms with Crippen molar-refractivity contribution in [3.63, 3.8) is 0 Å². The molecule has 0 aliphatic carbocycles. The molecule has 0 bridgehead atoms. The number of carbonyl (C=O) groups is 1. The second-order valence-corrected chi connectivity index (χ2v) is 6.62. The molecule has 1 amide bonds. The Labute approximate surface area is 156 Å². The van der Waals surface area contributed by atoms with E-state index in [4.69, 9.17) is 9.15 Å². The number of furan rings is 1. The number of amides is 1. The lowest BCUT2D eigenvalue weighted by atomic mass is 10.1. The van der Waals surface area contributed by atoms with Crippen LogP contribution in [0, 0.1) is 5.82 Å². The lowest BCUT2D eigenvalue weighted by molar-refractivity contribution is -0.130. The summed E-state index contributed by atoms with van der Waals surface area (Å²) in [5.74, 6) is 0.554. The highest BCUT2D eigenvalue weighted by Crippen LogP contribution is 2.26. The zero-order valence-electron chi connectivity index (χ0n) is 15.2. The molecule has 0 saturated carbocycles. The number of ether oxygens (including phenoxy) is 1. The highest BCUT2D eigenvalue weighted by atomic mass is 19.1. The molecule has 140 valence electrons. The molecule has 0 radical (unpaired) electrons. The number of rotatable bonds is 4. The van der Waals surface area contributed by atoms with Gasteiger partial charge in [-0.2, -0.15) is 0 Å². The van der Waals surface area contributed by atoms with Gasteiger partial charge in [-0.05, 0) is 24.3 Å². The molecule has 0 N–H and O–H groups in total. The van der Waals surface area contributed by atoms with Crippen LogP contribution in [-0.4, -0.2) is 44.1 Å². The quantitative estimate of drug-likeness (QED) is 0.707. The van der Waals surface area contributed by atoms with Gasteiger partial charge < -0.3 is 19.0 Å². The van der Waals surface area contributed by atoms with Crippen LogP contribution in [0.5, 0.6) is 5.75 Å². The van der Waals surface area contributed by atoms with E-state index in [9.17, 15) is 9.18 Å². The van der Waals surface area contributed by atoms with Crippen molar-refractivity contribution >= 4 is 22.6 Å². The first-order chi connectivity index (χ1) is 13.2. The fourth-order valence-corrected chi connectivity index (χ4v) is 3.51. The van der Waals surface area contributed by atoms with E-state index in [1.807, 2.05) is 34.1 Å². The fourth-order valence-electron chi connectivity index (χ4n) is 3.51. The smallest absolute Gasteiger partial charge is 0.227 e. The van der Waals surface area contributed by atoms with Gasteiger partial charge in [-0.1, -0.05) is 12.1 Å². The maximum atomic E-state index is 13.9. The van der Waals surface area contributed by atoms with Crippen LogP contribution in [0.1, 0.15) is 5.56 Å².